The molecule has 0 unspecified atom stereocenters. The van der Waals surface area contributed by atoms with E-state index in [1.807, 2.05) is 24.4 Å². The van der Waals surface area contributed by atoms with Crippen LogP contribution in [0.3, 0.4) is 0 Å². The number of carbonyl (C=O) groups is 1. The van der Waals surface area contributed by atoms with E-state index in [4.69, 9.17) is 0 Å². The van der Waals surface area contributed by atoms with Crippen molar-refractivity contribution < 1.29 is 4.79 Å². The average Bonchev–Trinajstić information content (AvgIpc) is 2.64. The van der Waals surface area contributed by atoms with E-state index in [1.54, 1.807) is 22.9 Å². The van der Waals surface area contributed by atoms with Crippen LogP contribution in [-0.4, -0.2) is 35.1 Å². The number of fused-ring (bicyclic) bond motifs is 4. The summed E-state index contributed by atoms with van der Waals surface area (Å²) in [4.78, 5) is 29.4. The third-order valence-electron chi connectivity index (χ3n) is 5.25. The smallest absolute Gasteiger partial charge is 0.251 e. The Bertz CT molecular complexity index is 828. The van der Waals surface area contributed by atoms with E-state index >= 15 is 0 Å². The molecule has 4 heterocycles. The molecule has 0 aliphatic carbocycles. The molecule has 2 bridgehead atoms. The van der Waals surface area contributed by atoms with Gasteiger partial charge >= 0.3 is 0 Å². The summed E-state index contributed by atoms with van der Waals surface area (Å²) in [5.74, 6) is 0.405. The summed E-state index contributed by atoms with van der Waals surface area (Å²) < 4.78 is 1.72. The predicted octanol–water partition coefficient (Wildman–Crippen LogP) is 1.69. The van der Waals surface area contributed by atoms with Gasteiger partial charge < -0.3 is 10.6 Å². The molecule has 1 amide bonds. The van der Waals surface area contributed by atoms with Gasteiger partial charge in [-0.15, -0.1) is 24.8 Å². The largest absolute Gasteiger partial charge is 0.354 e. The van der Waals surface area contributed by atoms with E-state index in [-0.39, 0.29) is 42.2 Å². The Morgan fingerprint density at radius 1 is 1.22 bits per heavy atom. The number of nitrogens with one attached hydrogen (secondary N) is 2. The number of halogens is 2. The second-order valence-electron chi connectivity index (χ2n) is 6.86. The molecular formula is C19H24Cl2N4O2. The van der Waals surface area contributed by atoms with Crippen LogP contribution < -0.4 is 16.2 Å². The minimum absolute atomic E-state index is 0. The first-order chi connectivity index (χ1) is 12.2. The SMILES string of the molecule is Cl.Cl.O=C(NCCc1cccnc1)[C@H]1[C@@H]2CNC[C@@H](C2)c2cccc(=O)n21. The number of aromatic nitrogens is 2. The van der Waals surface area contributed by atoms with Gasteiger partial charge in [-0.05, 0) is 30.5 Å². The molecule has 2 aliphatic rings. The Morgan fingerprint density at radius 3 is 2.85 bits per heavy atom. The summed E-state index contributed by atoms with van der Waals surface area (Å²) >= 11 is 0. The molecule has 1 saturated heterocycles. The number of pyridine rings is 2. The van der Waals surface area contributed by atoms with E-state index in [2.05, 4.69) is 15.6 Å². The Morgan fingerprint density at radius 2 is 2.07 bits per heavy atom. The Labute approximate surface area is 170 Å². The normalized spacial score (nSPS) is 22.6. The fraction of sp³-hybridized carbons (Fsp3) is 0.421. The highest BCUT2D eigenvalue weighted by atomic mass is 35.5. The van der Waals surface area contributed by atoms with E-state index < -0.39 is 6.04 Å². The van der Waals surface area contributed by atoms with Crippen molar-refractivity contribution in [3.8, 4) is 0 Å². The van der Waals surface area contributed by atoms with Gasteiger partial charge in [-0.2, -0.15) is 0 Å². The molecule has 2 aromatic heterocycles. The number of amides is 1. The van der Waals surface area contributed by atoms with Crippen LogP contribution in [0.2, 0.25) is 0 Å². The van der Waals surface area contributed by atoms with Gasteiger partial charge in [0, 0.05) is 55.6 Å². The van der Waals surface area contributed by atoms with Crippen LogP contribution in [0.4, 0.5) is 0 Å². The van der Waals surface area contributed by atoms with Crippen LogP contribution in [0.25, 0.3) is 0 Å². The standard InChI is InChI=1S/C19H22N4O2.2ClH/c24-17-5-1-4-16-14-9-15(12-21-11-14)18(23(16)17)19(25)22-8-6-13-3-2-7-20-10-13;;/h1-5,7,10,14-15,18,21H,6,8-9,11-12H2,(H,22,25);2*1H/t14-,15+,18-;;/m1../s1. The van der Waals surface area contributed by atoms with Gasteiger partial charge in [0.05, 0.1) is 0 Å². The van der Waals surface area contributed by atoms with Gasteiger partial charge in [0.15, 0.2) is 0 Å². The van der Waals surface area contributed by atoms with Gasteiger partial charge in [0.2, 0.25) is 5.91 Å². The highest BCUT2D eigenvalue weighted by Crippen LogP contribution is 2.38. The lowest BCUT2D eigenvalue weighted by Crippen LogP contribution is -2.52. The Hall–Kier alpha value is -1.89. The number of carbonyl (C=O) groups excluding carboxylic acids is 1. The molecule has 1 fully saturated rings. The summed E-state index contributed by atoms with van der Waals surface area (Å²) in [6.45, 7) is 2.19. The average molecular weight is 411 g/mol. The molecule has 6 nitrogen and oxygen atoms in total. The van der Waals surface area contributed by atoms with Crippen LogP contribution >= 0.6 is 24.8 Å². The third kappa shape index (κ3) is 4.34. The van der Waals surface area contributed by atoms with Crippen LogP contribution in [0.1, 0.15) is 29.6 Å². The van der Waals surface area contributed by atoms with Crippen molar-refractivity contribution >= 4 is 30.7 Å². The van der Waals surface area contributed by atoms with Crippen molar-refractivity contribution in [2.45, 2.75) is 24.8 Å². The molecular weight excluding hydrogens is 387 g/mol. The summed E-state index contributed by atoms with van der Waals surface area (Å²) in [5, 5.41) is 6.43. The van der Waals surface area contributed by atoms with Crippen LogP contribution in [0.5, 0.6) is 0 Å². The van der Waals surface area contributed by atoms with Crippen molar-refractivity contribution in [2.75, 3.05) is 19.6 Å². The molecule has 8 heteroatoms. The van der Waals surface area contributed by atoms with Gasteiger partial charge in [0.1, 0.15) is 6.04 Å². The van der Waals surface area contributed by atoms with Crippen LogP contribution in [0, 0.1) is 5.92 Å². The zero-order valence-corrected chi connectivity index (χ0v) is 16.5. The van der Waals surface area contributed by atoms with Crippen molar-refractivity contribution in [3.63, 3.8) is 0 Å². The second-order valence-corrected chi connectivity index (χ2v) is 6.86. The maximum atomic E-state index is 12.9. The van der Waals surface area contributed by atoms with E-state index in [0.717, 1.165) is 37.2 Å². The molecule has 2 N–H and O–H groups in total. The fourth-order valence-corrected chi connectivity index (χ4v) is 4.11. The van der Waals surface area contributed by atoms with Crippen molar-refractivity contribution in [3.05, 3.63) is 64.3 Å². The number of rotatable bonds is 4. The Balaban J connectivity index is 0.00000131. The molecule has 0 aromatic carbocycles. The van der Waals surface area contributed by atoms with E-state index in [0.29, 0.717) is 12.5 Å². The third-order valence-corrected chi connectivity index (χ3v) is 5.25. The zero-order valence-electron chi connectivity index (χ0n) is 14.8. The maximum absolute atomic E-state index is 12.9. The summed E-state index contributed by atoms with van der Waals surface area (Å²) in [5.41, 5.74) is 1.98. The zero-order chi connectivity index (χ0) is 17.2. The first kappa shape index (κ1) is 21.4. The predicted molar refractivity (Wildman–Crippen MR) is 109 cm³/mol. The van der Waals surface area contributed by atoms with Gasteiger partial charge in [0.25, 0.3) is 5.56 Å². The first-order valence-corrected chi connectivity index (χ1v) is 8.83. The van der Waals surface area contributed by atoms with Crippen LogP contribution in [0.15, 0.2) is 47.5 Å². The van der Waals surface area contributed by atoms with Crippen LogP contribution in [-0.2, 0) is 11.2 Å². The second kappa shape index (κ2) is 9.35. The monoisotopic (exact) mass is 410 g/mol. The van der Waals surface area contributed by atoms with Gasteiger partial charge in [-0.3, -0.25) is 19.1 Å². The van der Waals surface area contributed by atoms with E-state index in [1.165, 1.54) is 0 Å². The molecule has 0 spiro atoms. The lowest BCUT2D eigenvalue weighted by atomic mass is 9.79. The molecule has 3 atom stereocenters. The summed E-state index contributed by atoms with van der Waals surface area (Å²) in [6, 6.07) is 8.78. The molecule has 4 rings (SSSR count). The topological polar surface area (TPSA) is 76.0 Å². The van der Waals surface area contributed by atoms with Gasteiger partial charge in [-0.25, -0.2) is 0 Å². The molecule has 27 heavy (non-hydrogen) atoms. The molecule has 146 valence electrons. The van der Waals surface area contributed by atoms with Crippen molar-refractivity contribution in [2.24, 2.45) is 5.92 Å². The maximum Gasteiger partial charge on any atom is 0.251 e. The Kier molecular flexibility index (Phi) is 7.41. The highest BCUT2D eigenvalue weighted by Gasteiger charge is 2.41. The molecule has 0 radical (unpaired) electrons. The minimum Gasteiger partial charge on any atom is -0.354 e. The molecule has 2 aliphatic heterocycles. The van der Waals surface area contributed by atoms with E-state index in [9.17, 15) is 9.59 Å². The van der Waals surface area contributed by atoms with Gasteiger partial charge in [-0.1, -0.05) is 12.1 Å². The summed E-state index contributed by atoms with van der Waals surface area (Å²) in [6.07, 6.45) is 5.23. The molecule has 2 aromatic rings. The quantitative estimate of drug-likeness (QED) is 0.803. The number of piperidine rings is 1. The number of nitrogens with zero attached hydrogens (tertiary/aromatic N) is 2. The number of hydrogen-bond donors (Lipinski definition) is 2. The lowest BCUT2D eigenvalue weighted by Gasteiger charge is -2.42. The van der Waals surface area contributed by atoms with Crippen molar-refractivity contribution in [1.82, 2.24) is 20.2 Å². The lowest BCUT2D eigenvalue weighted by molar-refractivity contribution is -0.126. The molecule has 0 saturated carbocycles. The minimum atomic E-state index is -0.429. The fourth-order valence-electron chi connectivity index (χ4n) is 4.11. The first-order valence-electron chi connectivity index (χ1n) is 8.83. The van der Waals surface area contributed by atoms with Crippen molar-refractivity contribution in [1.29, 1.82) is 0 Å². The summed E-state index contributed by atoms with van der Waals surface area (Å²) in [7, 11) is 0. The number of hydrogen-bond acceptors (Lipinski definition) is 4. The highest BCUT2D eigenvalue weighted by molar-refractivity contribution is 5.85.